The van der Waals surface area contributed by atoms with E-state index >= 15 is 0 Å². The van der Waals surface area contributed by atoms with E-state index in [4.69, 9.17) is 5.11 Å². The van der Waals surface area contributed by atoms with E-state index in [0.717, 1.165) is 12.8 Å². The smallest absolute Gasteiger partial charge is 0.303 e. The van der Waals surface area contributed by atoms with Crippen molar-refractivity contribution in [3.05, 3.63) is 42.0 Å². The van der Waals surface area contributed by atoms with Gasteiger partial charge in [-0.2, -0.15) is 9.90 Å². The Bertz CT molecular complexity index is 760. The predicted molar refractivity (Wildman–Crippen MR) is 86.8 cm³/mol. The third kappa shape index (κ3) is 4.20. The second-order valence-corrected chi connectivity index (χ2v) is 6.19. The molecule has 132 valence electrons. The van der Waals surface area contributed by atoms with Gasteiger partial charge < -0.3 is 10.0 Å². The molecule has 0 spiro atoms. The molecule has 2 heterocycles. The van der Waals surface area contributed by atoms with Gasteiger partial charge in [-0.15, -0.1) is 5.10 Å². The molecule has 1 aliphatic rings. The number of halogens is 1. The van der Waals surface area contributed by atoms with Gasteiger partial charge in [0.05, 0.1) is 11.9 Å². The highest BCUT2D eigenvalue weighted by atomic mass is 19.1. The summed E-state index contributed by atoms with van der Waals surface area (Å²) in [6, 6.07) is 5.68. The minimum absolute atomic E-state index is 0.118. The van der Waals surface area contributed by atoms with Crippen LogP contribution in [0, 0.1) is 11.7 Å². The summed E-state index contributed by atoms with van der Waals surface area (Å²) in [5, 5.41) is 17.1. The van der Waals surface area contributed by atoms with Crippen molar-refractivity contribution < 1.29 is 19.1 Å². The minimum atomic E-state index is -0.814. The first-order chi connectivity index (χ1) is 12.0. The first-order valence-corrected chi connectivity index (χ1v) is 8.22. The standard InChI is InChI=1S/C17H19FN4O3/c18-13-4-6-14(7-5-13)22-19-10-15(20-22)17(25)21-9-1-2-12(11-21)3-8-16(23)24/h4-7,10,12H,1-3,8-9,11H2,(H,23,24)/t12-/m1/s1. The van der Waals surface area contributed by atoms with Crippen LogP contribution in [0.2, 0.25) is 0 Å². The predicted octanol–water partition coefficient (Wildman–Crippen LogP) is 2.12. The quantitative estimate of drug-likeness (QED) is 0.896. The highest BCUT2D eigenvalue weighted by Gasteiger charge is 2.26. The minimum Gasteiger partial charge on any atom is -0.481 e. The van der Waals surface area contributed by atoms with Crippen LogP contribution >= 0.6 is 0 Å². The van der Waals surface area contributed by atoms with E-state index < -0.39 is 5.97 Å². The third-order valence-electron chi connectivity index (χ3n) is 4.34. The summed E-state index contributed by atoms with van der Waals surface area (Å²) >= 11 is 0. The van der Waals surface area contributed by atoms with Crippen LogP contribution in [0.4, 0.5) is 4.39 Å². The maximum Gasteiger partial charge on any atom is 0.303 e. The van der Waals surface area contributed by atoms with Crippen LogP contribution in [0.5, 0.6) is 0 Å². The Balaban J connectivity index is 1.66. The highest BCUT2D eigenvalue weighted by molar-refractivity contribution is 5.92. The number of benzene rings is 1. The number of likely N-dealkylation sites (tertiary alicyclic amines) is 1. The maximum atomic E-state index is 13.0. The van der Waals surface area contributed by atoms with Crippen molar-refractivity contribution in [2.45, 2.75) is 25.7 Å². The van der Waals surface area contributed by atoms with E-state index in [0.29, 0.717) is 25.2 Å². The molecule has 2 aromatic rings. The molecule has 1 amide bonds. The number of piperidine rings is 1. The number of nitrogens with zero attached hydrogens (tertiary/aromatic N) is 4. The number of rotatable bonds is 5. The molecule has 1 saturated heterocycles. The van der Waals surface area contributed by atoms with Gasteiger partial charge in [-0.1, -0.05) is 0 Å². The second-order valence-electron chi connectivity index (χ2n) is 6.19. The molecule has 8 heteroatoms. The summed E-state index contributed by atoms with van der Waals surface area (Å²) < 4.78 is 13.0. The lowest BCUT2D eigenvalue weighted by Gasteiger charge is -2.32. The van der Waals surface area contributed by atoms with E-state index in [-0.39, 0.29) is 29.8 Å². The van der Waals surface area contributed by atoms with Crippen LogP contribution in [0.25, 0.3) is 5.69 Å². The van der Waals surface area contributed by atoms with E-state index in [9.17, 15) is 14.0 Å². The van der Waals surface area contributed by atoms with Crippen LogP contribution < -0.4 is 0 Å². The van der Waals surface area contributed by atoms with E-state index in [1.807, 2.05) is 0 Å². The molecule has 3 rings (SSSR count). The Morgan fingerprint density at radius 3 is 2.76 bits per heavy atom. The number of hydrogen-bond acceptors (Lipinski definition) is 4. The Hall–Kier alpha value is -2.77. The number of carbonyl (C=O) groups excluding carboxylic acids is 1. The number of hydrogen-bond donors (Lipinski definition) is 1. The Morgan fingerprint density at radius 2 is 2.04 bits per heavy atom. The average molecular weight is 346 g/mol. The molecule has 1 aliphatic heterocycles. The first-order valence-electron chi connectivity index (χ1n) is 8.22. The van der Waals surface area contributed by atoms with Gasteiger partial charge >= 0.3 is 5.97 Å². The summed E-state index contributed by atoms with van der Waals surface area (Å²) in [4.78, 5) is 26.3. The summed E-state index contributed by atoms with van der Waals surface area (Å²) in [6.07, 6.45) is 3.86. The molecular weight excluding hydrogens is 327 g/mol. The fourth-order valence-electron chi connectivity index (χ4n) is 3.03. The van der Waals surface area contributed by atoms with Gasteiger partial charge in [0.25, 0.3) is 5.91 Å². The third-order valence-corrected chi connectivity index (χ3v) is 4.34. The van der Waals surface area contributed by atoms with Crippen molar-refractivity contribution in [3.63, 3.8) is 0 Å². The number of aliphatic carboxylic acids is 1. The average Bonchev–Trinajstić information content (AvgIpc) is 3.10. The number of carbonyl (C=O) groups is 2. The SMILES string of the molecule is O=C(O)CC[C@H]1CCCN(C(=O)c2cnn(-c3ccc(F)cc3)n2)C1. The largest absolute Gasteiger partial charge is 0.481 e. The van der Waals surface area contributed by atoms with Gasteiger partial charge in [0.2, 0.25) is 0 Å². The Morgan fingerprint density at radius 1 is 1.28 bits per heavy atom. The molecule has 0 saturated carbocycles. The lowest BCUT2D eigenvalue weighted by atomic mass is 9.93. The molecular formula is C17H19FN4O3. The lowest BCUT2D eigenvalue weighted by Crippen LogP contribution is -2.40. The summed E-state index contributed by atoms with van der Waals surface area (Å²) in [5.74, 6) is -1.19. The lowest BCUT2D eigenvalue weighted by molar-refractivity contribution is -0.137. The van der Waals surface area contributed by atoms with Gasteiger partial charge in [-0.05, 0) is 49.4 Å². The molecule has 7 nitrogen and oxygen atoms in total. The van der Waals surface area contributed by atoms with Crippen molar-refractivity contribution in [3.8, 4) is 5.69 Å². The number of carboxylic acids is 1. The Labute approximate surface area is 144 Å². The Kier molecular flexibility index (Phi) is 5.06. The van der Waals surface area contributed by atoms with Crippen molar-refractivity contribution in [2.75, 3.05) is 13.1 Å². The molecule has 1 fully saturated rings. The molecule has 0 unspecified atom stereocenters. The molecule has 0 aliphatic carbocycles. The van der Waals surface area contributed by atoms with Crippen LogP contribution in [0.1, 0.15) is 36.2 Å². The number of carboxylic acid groups (broad SMARTS) is 1. The van der Waals surface area contributed by atoms with Gasteiger partial charge in [0.1, 0.15) is 5.82 Å². The summed E-state index contributed by atoms with van der Waals surface area (Å²) in [6.45, 7) is 1.17. The zero-order valence-corrected chi connectivity index (χ0v) is 13.6. The van der Waals surface area contributed by atoms with Gasteiger partial charge in [-0.3, -0.25) is 9.59 Å². The summed E-state index contributed by atoms with van der Waals surface area (Å²) in [5.41, 5.74) is 0.793. The molecule has 1 N–H and O–H groups in total. The zero-order chi connectivity index (χ0) is 17.8. The van der Waals surface area contributed by atoms with E-state index in [2.05, 4.69) is 10.2 Å². The highest BCUT2D eigenvalue weighted by Crippen LogP contribution is 2.22. The molecule has 0 bridgehead atoms. The van der Waals surface area contributed by atoms with Crippen molar-refractivity contribution in [1.82, 2.24) is 19.9 Å². The zero-order valence-electron chi connectivity index (χ0n) is 13.6. The van der Waals surface area contributed by atoms with Gasteiger partial charge in [0, 0.05) is 19.5 Å². The summed E-state index contributed by atoms with van der Waals surface area (Å²) in [7, 11) is 0. The fraction of sp³-hybridized carbons (Fsp3) is 0.412. The van der Waals surface area contributed by atoms with Crippen LogP contribution in [-0.4, -0.2) is 50.0 Å². The van der Waals surface area contributed by atoms with E-state index in [1.54, 1.807) is 4.90 Å². The molecule has 1 aromatic carbocycles. The van der Waals surface area contributed by atoms with Gasteiger partial charge in [-0.25, -0.2) is 4.39 Å². The topological polar surface area (TPSA) is 88.3 Å². The molecule has 1 atom stereocenters. The first kappa shape index (κ1) is 17.1. The van der Waals surface area contributed by atoms with Crippen LogP contribution in [0.15, 0.2) is 30.5 Å². The fourth-order valence-corrected chi connectivity index (χ4v) is 3.03. The van der Waals surface area contributed by atoms with Crippen molar-refractivity contribution in [2.24, 2.45) is 5.92 Å². The van der Waals surface area contributed by atoms with Crippen LogP contribution in [0.3, 0.4) is 0 Å². The number of amides is 1. The molecule has 1 aromatic heterocycles. The molecule has 25 heavy (non-hydrogen) atoms. The van der Waals surface area contributed by atoms with Gasteiger partial charge in [0.15, 0.2) is 5.69 Å². The van der Waals surface area contributed by atoms with Crippen molar-refractivity contribution in [1.29, 1.82) is 0 Å². The second kappa shape index (κ2) is 7.42. The normalized spacial score (nSPS) is 17.5. The monoisotopic (exact) mass is 346 g/mol. The maximum absolute atomic E-state index is 13.0. The molecule has 0 radical (unpaired) electrons. The van der Waals surface area contributed by atoms with Crippen LogP contribution in [-0.2, 0) is 4.79 Å². The number of aromatic nitrogens is 3. The van der Waals surface area contributed by atoms with E-state index in [1.165, 1.54) is 35.3 Å². The van der Waals surface area contributed by atoms with Crippen molar-refractivity contribution >= 4 is 11.9 Å².